The second kappa shape index (κ2) is 6.21. The monoisotopic (exact) mass is 243 g/mol. The van der Waals surface area contributed by atoms with Crippen LogP contribution in [0.3, 0.4) is 0 Å². The van der Waals surface area contributed by atoms with Gasteiger partial charge < -0.3 is 5.32 Å². The van der Waals surface area contributed by atoms with E-state index in [-0.39, 0.29) is 12.7 Å². The lowest BCUT2D eigenvalue weighted by Crippen LogP contribution is -2.20. The van der Waals surface area contributed by atoms with E-state index in [0.717, 1.165) is 10.6 Å². The third kappa shape index (κ3) is 3.46. The van der Waals surface area contributed by atoms with E-state index in [9.17, 15) is 4.39 Å². The lowest BCUT2D eigenvalue weighted by atomic mass is 10.0. The molecule has 0 aliphatic heterocycles. The molecule has 1 nitrogen and oxygen atoms in total. The lowest BCUT2D eigenvalue weighted by Gasteiger charge is -2.17. The first-order valence-electron chi connectivity index (χ1n) is 5.62. The molecular formula is C13H19ClFN. The molecule has 1 N–H and O–H groups in total. The van der Waals surface area contributed by atoms with E-state index < -0.39 is 0 Å². The summed E-state index contributed by atoms with van der Waals surface area (Å²) < 4.78 is 12.0. The first-order valence-corrected chi connectivity index (χ1v) is 6.00. The highest BCUT2D eigenvalue weighted by atomic mass is 35.5. The number of rotatable bonds is 5. The van der Waals surface area contributed by atoms with Crippen molar-refractivity contribution < 1.29 is 4.39 Å². The summed E-state index contributed by atoms with van der Waals surface area (Å²) in [6.07, 6.45) is 0.548. The van der Waals surface area contributed by atoms with Gasteiger partial charge in [-0.25, -0.2) is 0 Å². The molecule has 1 aromatic rings. The molecule has 0 spiro atoms. The molecule has 0 bridgehead atoms. The van der Waals surface area contributed by atoms with Crippen molar-refractivity contribution >= 4 is 11.6 Å². The molecule has 16 heavy (non-hydrogen) atoms. The maximum Gasteiger partial charge on any atom is 0.0906 e. The molecule has 0 saturated heterocycles. The van der Waals surface area contributed by atoms with E-state index in [0.29, 0.717) is 13.0 Å². The number of hydrogen-bond donors (Lipinski definition) is 1. The van der Waals surface area contributed by atoms with Crippen molar-refractivity contribution in [3.8, 4) is 0 Å². The zero-order valence-electron chi connectivity index (χ0n) is 10.1. The van der Waals surface area contributed by atoms with Crippen LogP contribution in [0.15, 0.2) is 12.1 Å². The largest absolute Gasteiger partial charge is 0.310 e. The third-order valence-electron chi connectivity index (χ3n) is 2.84. The Kier molecular flexibility index (Phi) is 5.23. The molecule has 0 heterocycles. The van der Waals surface area contributed by atoms with E-state index in [1.165, 1.54) is 11.1 Å². The predicted octanol–water partition coefficient (Wildman–Crippen LogP) is 3.97. The van der Waals surface area contributed by atoms with Crippen molar-refractivity contribution in [2.24, 2.45) is 0 Å². The van der Waals surface area contributed by atoms with E-state index >= 15 is 0 Å². The molecule has 0 aliphatic carbocycles. The van der Waals surface area contributed by atoms with Gasteiger partial charge in [0.25, 0.3) is 0 Å². The summed E-state index contributed by atoms with van der Waals surface area (Å²) in [5.74, 6) is 0. The Morgan fingerprint density at radius 2 is 1.94 bits per heavy atom. The van der Waals surface area contributed by atoms with Crippen molar-refractivity contribution in [2.45, 2.75) is 33.2 Å². The molecule has 1 rings (SSSR count). The molecule has 0 aromatic heterocycles. The van der Waals surface area contributed by atoms with Crippen LogP contribution in [0.25, 0.3) is 0 Å². The molecule has 0 aliphatic rings. The number of hydrogen-bond acceptors (Lipinski definition) is 1. The highest BCUT2D eigenvalue weighted by molar-refractivity contribution is 6.31. The summed E-state index contributed by atoms with van der Waals surface area (Å²) in [5, 5.41) is 4.04. The van der Waals surface area contributed by atoms with Crippen LogP contribution in [0.2, 0.25) is 5.02 Å². The van der Waals surface area contributed by atoms with Gasteiger partial charge in [0, 0.05) is 11.1 Å². The molecule has 90 valence electrons. The van der Waals surface area contributed by atoms with Crippen LogP contribution in [0, 0.1) is 13.8 Å². The average molecular weight is 244 g/mol. The second-order valence-corrected chi connectivity index (χ2v) is 4.58. The van der Waals surface area contributed by atoms with Gasteiger partial charge in [0.1, 0.15) is 0 Å². The maximum atomic E-state index is 12.0. The molecule has 0 amide bonds. The molecule has 1 aromatic carbocycles. The highest BCUT2D eigenvalue weighted by Crippen LogP contribution is 2.26. The Balaban J connectivity index is 2.75. The molecule has 0 radical (unpaired) electrons. The van der Waals surface area contributed by atoms with Gasteiger partial charge in [-0.1, -0.05) is 17.7 Å². The number of halogens is 2. The number of nitrogens with one attached hydrogen (secondary N) is 1. The first kappa shape index (κ1) is 13.5. The fourth-order valence-corrected chi connectivity index (χ4v) is 2.01. The molecule has 1 unspecified atom stereocenters. The minimum absolute atomic E-state index is 0.165. The standard InChI is InChI=1S/C13H19ClFN/c1-9-7-12(13(14)8-10(9)2)11(3)16-6-4-5-15/h7-8,11,16H,4-6H2,1-3H3. The van der Waals surface area contributed by atoms with Crippen LogP contribution in [0.4, 0.5) is 4.39 Å². The summed E-state index contributed by atoms with van der Waals surface area (Å²) in [7, 11) is 0. The quantitative estimate of drug-likeness (QED) is 0.772. The van der Waals surface area contributed by atoms with Crippen molar-refractivity contribution in [1.29, 1.82) is 0 Å². The van der Waals surface area contributed by atoms with Crippen molar-refractivity contribution in [3.63, 3.8) is 0 Å². The van der Waals surface area contributed by atoms with Gasteiger partial charge in [0.15, 0.2) is 0 Å². The fourth-order valence-electron chi connectivity index (χ4n) is 1.63. The minimum atomic E-state index is -0.277. The zero-order chi connectivity index (χ0) is 12.1. The van der Waals surface area contributed by atoms with Gasteiger partial charge >= 0.3 is 0 Å². The van der Waals surface area contributed by atoms with Gasteiger partial charge in [-0.05, 0) is 56.5 Å². The Hall–Kier alpha value is -0.600. The topological polar surface area (TPSA) is 12.0 Å². The summed E-state index contributed by atoms with van der Waals surface area (Å²) in [6, 6.07) is 4.25. The molecular weight excluding hydrogens is 225 g/mol. The Morgan fingerprint density at radius 1 is 1.31 bits per heavy atom. The number of aryl methyl sites for hydroxylation is 2. The third-order valence-corrected chi connectivity index (χ3v) is 3.17. The number of alkyl halides is 1. The normalized spacial score (nSPS) is 12.8. The lowest BCUT2D eigenvalue weighted by molar-refractivity contribution is 0.446. The summed E-state index contributed by atoms with van der Waals surface area (Å²) >= 11 is 6.20. The Bertz CT molecular complexity index is 352. The van der Waals surface area contributed by atoms with Crippen LogP contribution in [0.1, 0.15) is 36.1 Å². The van der Waals surface area contributed by atoms with Gasteiger partial charge in [-0.3, -0.25) is 4.39 Å². The summed E-state index contributed by atoms with van der Waals surface area (Å²) in [5.41, 5.74) is 3.52. The summed E-state index contributed by atoms with van der Waals surface area (Å²) in [4.78, 5) is 0. The minimum Gasteiger partial charge on any atom is -0.310 e. The van der Waals surface area contributed by atoms with E-state index in [2.05, 4.69) is 18.3 Å². The average Bonchev–Trinajstić information content (AvgIpc) is 2.23. The van der Waals surface area contributed by atoms with Crippen LogP contribution in [-0.2, 0) is 0 Å². The van der Waals surface area contributed by atoms with Crippen LogP contribution in [0.5, 0.6) is 0 Å². The second-order valence-electron chi connectivity index (χ2n) is 4.18. The maximum absolute atomic E-state index is 12.0. The Morgan fingerprint density at radius 3 is 2.56 bits per heavy atom. The fraction of sp³-hybridized carbons (Fsp3) is 0.538. The van der Waals surface area contributed by atoms with Gasteiger partial charge in [0.2, 0.25) is 0 Å². The van der Waals surface area contributed by atoms with Crippen LogP contribution < -0.4 is 5.32 Å². The molecule has 1 atom stereocenters. The zero-order valence-corrected chi connectivity index (χ0v) is 10.9. The van der Waals surface area contributed by atoms with Crippen LogP contribution >= 0.6 is 11.6 Å². The van der Waals surface area contributed by atoms with Crippen molar-refractivity contribution in [3.05, 3.63) is 33.8 Å². The predicted molar refractivity (Wildman–Crippen MR) is 67.9 cm³/mol. The molecule has 3 heteroatoms. The highest BCUT2D eigenvalue weighted by Gasteiger charge is 2.10. The van der Waals surface area contributed by atoms with E-state index in [4.69, 9.17) is 11.6 Å². The Labute approximate surface area is 102 Å². The smallest absolute Gasteiger partial charge is 0.0906 e. The number of benzene rings is 1. The van der Waals surface area contributed by atoms with E-state index in [1.807, 2.05) is 19.9 Å². The molecule has 0 fully saturated rings. The molecule has 0 saturated carbocycles. The van der Waals surface area contributed by atoms with E-state index in [1.54, 1.807) is 0 Å². The van der Waals surface area contributed by atoms with Crippen molar-refractivity contribution in [1.82, 2.24) is 5.32 Å². The summed E-state index contributed by atoms with van der Waals surface area (Å²) in [6.45, 7) is 6.57. The van der Waals surface area contributed by atoms with Crippen LogP contribution in [-0.4, -0.2) is 13.2 Å². The van der Waals surface area contributed by atoms with Crippen molar-refractivity contribution in [2.75, 3.05) is 13.2 Å². The first-order chi connectivity index (χ1) is 7.56. The SMILES string of the molecule is Cc1cc(Cl)c(C(C)NCCCF)cc1C. The van der Waals surface area contributed by atoms with Gasteiger partial charge in [-0.15, -0.1) is 0 Å². The van der Waals surface area contributed by atoms with Gasteiger partial charge in [-0.2, -0.15) is 0 Å². The van der Waals surface area contributed by atoms with Gasteiger partial charge in [0.05, 0.1) is 6.67 Å².